The topological polar surface area (TPSA) is 38.5 Å². The third-order valence-electron chi connectivity index (χ3n) is 3.14. The van der Waals surface area contributed by atoms with Crippen LogP contribution in [0.2, 0.25) is 0 Å². The Kier molecular flexibility index (Phi) is 5.92. The highest BCUT2D eigenvalue weighted by atomic mass is 35.5. The highest BCUT2D eigenvalue weighted by molar-refractivity contribution is 5.85. The van der Waals surface area contributed by atoms with Crippen molar-refractivity contribution in [1.82, 2.24) is 4.90 Å². The number of hydrogen-bond acceptors (Lipinski definition) is 3. The van der Waals surface area contributed by atoms with Crippen LogP contribution >= 0.6 is 12.4 Å². The van der Waals surface area contributed by atoms with Gasteiger partial charge in [-0.15, -0.1) is 12.4 Å². The Balaban J connectivity index is 0.00000144. The number of halogens is 1. The van der Waals surface area contributed by atoms with Crippen molar-refractivity contribution < 1.29 is 4.74 Å². The molecule has 96 valence electrons. The van der Waals surface area contributed by atoms with Crippen molar-refractivity contribution in [1.29, 1.82) is 0 Å². The summed E-state index contributed by atoms with van der Waals surface area (Å²) in [6.45, 7) is 6.54. The molecule has 2 rings (SSSR count). The smallest absolute Gasteiger partial charge is 0.0824 e. The number of aryl methyl sites for hydroxylation is 1. The van der Waals surface area contributed by atoms with Gasteiger partial charge in [0.25, 0.3) is 0 Å². The molecular formula is C13H21ClN2O. The van der Waals surface area contributed by atoms with Gasteiger partial charge in [0.05, 0.1) is 12.7 Å². The zero-order valence-corrected chi connectivity index (χ0v) is 11.1. The zero-order valence-electron chi connectivity index (χ0n) is 10.3. The predicted octanol–water partition coefficient (Wildman–Crippen LogP) is 1.58. The van der Waals surface area contributed by atoms with Gasteiger partial charge >= 0.3 is 0 Å². The van der Waals surface area contributed by atoms with Gasteiger partial charge < -0.3 is 10.5 Å². The molecule has 1 fully saturated rings. The fraction of sp³-hybridized carbons (Fsp3) is 0.538. The fourth-order valence-electron chi connectivity index (χ4n) is 2.10. The van der Waals surface area contributed by atoms with E-state index in [9.17, 15) is 0 Å². The van der Waals surface area contributed by atoms with Crippen LogP contribution in [0.5, 0.6) is 0 Å². The Morgan fingerprint density at radius 2 is 2.18 bits per heavy atom. The fourth-order valence-corrected chi connectivity index (χ4v) is 2.10. The summed E-state index contributed by atoms with van der Waals surface area (Å²) in [5, 5.41) is 0. The number of rotatable bonds is 3. The molecule has 1 aromatic carbocycles. The molecule has 4 heteroatoms. The first-order valence-corrected chi connectivity index (χ1v) is 5.88. The quantitative estimate of drug-likeness (QED) is 0.893. The second-order valence-electron chi connectivity index (χ2n) is 4.39. The summed E-state index contributed by atoms with van der Waals surface area (Å²) in [6, 6.07) is 8.54. The third-order valence-corrected chi connectivity index (χ3v) is 3.14. The van der Waals surface area contributed by atoms with E-state index in [0.29, 0.717) is 6.54 Å². The van der Waals surface area contributed by atoms with E-state index in [1.165, 1.54) is 11.1 Å². The molecule has 1 aliphatic heterocycles. The lowest BCUT2D eigenvalue weighted by Crippen LogP contribution is -2.45. The number of nitrogens with two attached hydrogens (primary N) is 1. The van der Waals surface area contributed by atoms with Gasteiger partial charge in [-0.1, -0.05) is 24.3 Å². The molecular weight excluding hydrogens is 236 g/mol. The van der Waals surface area contributed by atoms with Crippen molar-refractivity contribution in [3.63, 3.8) is 0 Å². The van der Waals surface area contributed by atoms with E-state index in [1.54, 1.807) is 0 Å². The first-order chi connectivity index (χ1) is 7.79. The molecule has 1 heterocycles. The molecule has 0 amide bonds. The predicted molar refractivity (Wildman–Crippen MR) is 72.5 cm³/mol. The monoisotopic (exact) mass is 256 g/mol. The van der Waals surface area contributed by atoms with Crippen LogP contribution in [-0.4, -0.2) is 37.2 Å². The van der Waals surface area contributed by atoms with Crippen LogP contribution in [0.15, 0.2) is 24.3 Å². The van der Waals surface area contributed by atoms with Gasteiger partial charge in [-0.3, -0.25) is 4.90 Å². The van der Waals surface area contributed by atoms with Crippen LogP contribution in [0.3, 0.4) is 0 Å². The van der Waals surface area contributed by atoms with E-state index in [1.807, 2.05) is 0 Å². The summed E-state index contributed by atoms with van der Waals surface area (Å²) in [6.07, 6.45) is 0.206. The van der Waals surface area contributed by atoms with E-state index in [0.717, 1.165) is 26.2 Å². The first kappa shape index (κ1) is 14.5. The normalized spacial score (nSPS) is 20.9. The van der Waals surface area contributed by atoms with Crippen molar-refractivity contribution >= 4 is 12.4 Å². The van der Waals surface area contributed by atoms with E-state index >= 15 is 0 Å². The molecule has 1 atom stereocenters. The van der Waals surface area contributed by atoms with Crippen molar-refractivity contribution in [2.75, 3.05) is 26.2 Å². The summed E-state index contributed by atoms with van der Waals surface area (Å²) >= 11 is 0. The maximum Gasteiger partial charge on any atom is 0.0824 e. The van der Waals surface area contributed by atoms with E-state index < -0.39 is 0 Å². The minimum atomic E-state index is 0. The third kappa shape index (κ3) is 3.96. The molecule has 1 aromatic rings. The molecule has 0 spiro atoms. The molecule has 1 unspecified atom stereocenters. The lowest BCUT2D eigenvalue weighted by molar-refractivity contribution is -0.0261. The van der Waals surface area contributed by atoms with Gasteiger partial charge in [0.2, 0.25) is 0 Å². The van der Waals surface area contributed by atoms with Gasteiger partial charge in [-0.25, -0.2) is 0 Å². The zero-order chi connectivity index (χ0) is 11.4. The van der Waals surface area contributed by atoms with Crippen molar-refractivity contribution in [2.24, 2.45) is 5.73 Å². The summed E-state index contributed by atoms with van der Waals surface area (Å²) in [7, 11) is 0. The standard InChI is InChI=1S/C13H20N2O.ClH/c1-11-4-2-3-5-12(11)9-15-6-7-16-13(8-14)10-15;/h2-5,13H,6-10,14H2,1H3;1H. The number of hydrogen-bond donors (Lipinski definition) is 1. The summed E-state index contributed by atoms with van der Waals surface area (Å²) in [4.78, 5) is 2.42. The van der Waals surface area contributed by atoms with Crippen LogP contribution in [-0.2, 0) is 11.3 Å². The molecule has 0 saturated carbocycles. The first-order valence-electron chi connectivity index (χ1n) is 5.88. The molecule has 0 bridgehead atoms. The highest BCUT2D eigenvalue weighted by Gasteiger charge is 2.19. The number of benzene rings is 1. The van der Waals surface area contributed by atoms with Gasteiger partial charge in [-0.05, 0) is 18.1 Å². The van der Waals surface area contributed by atoms with Crippen molar-refractivity contribution in [3.05, 3.63) is 35.4 Å². The molecule has 17 heavy (non-hydrogen) atoms. The lowest BCUT2D eigenvalue weighted by atomic mass is 10.1. The van der Waals surface area contributed by atoms with Gasteiger partial charge in [-0.2, -0.15) is 0 Å². The number of morpholine rings is 1. The Morgan fingerprint density at radius 1 is 1.41 bits per heavy atom. The van der Waals surface area contributed by atoms with Crippen LogP contribution in [0.25, 0.3) is 0 Å². The largest absolute Gasteiger partial charge is 0.374 e. The van der Waals surface area contributed by atoms with Gasteiger partial charge in [0.15, 0.2) is 0 Å². The molecule has 0 radical (unpaired) electrons. The van der Waals surface area contributed by atoms with E-state index in [4.69, 9.17) is 10.5 Å². The molecule has 1 aliphatic rings. The minimum absolute atomic E-state index is 0. The summed E-state index contributed by atoms with van der Waals surface area (Å²) < 4.78 is 5.56. The van der Waals surface area contributed by atoms with Crippen molar-refractivity contribution in [3.8, 4) is 0 Å². The molecule has 0 aromatic heterocycles. The van der Waals surface area contributed by atoms with Crippen LogP contribution in [0, 0.1) is 6.92 Å². The molecule has 2 N–H and O–H groups in total. The average Bonchev–Trinajstić information content (AvgIpc) is 2.32. The van der Waals surface area contributed by atoms with E-state index in [-0.39, 0.29) is 18.5 Å². The number of ether oxygens (including phenoxy) is 1. The minimum Gasteiger partial charge on any atom is -0.374 e. The Bertz CT molecular complexity index is 346. The van der Waals surface area contributed by atoms with Gasteiger partial charge in [0.1, 0.15) is 0 Å². The van der Waals surface area contributed by atoms with E-state index in [2.05, 4.69) is 36.1 Å². The summed E-state index contributed by atoms with van der Waals surface area (Å²) in [5.74, 6) is 0. The average molecular weight is 257 g/mol. The summed E-state index contributed by atoms with van der Waals surface area (Å²) in [5.41, 5.74) is 8.40. The maximum atomic E-state index is 5.64. The molecule has 3 nitrogen and oxygen atoms in total. The van der Waals surface area contributed by atoms with Crippen LogP contribution in [0.1, 0.15) is 11.1 Å². The Morgan fingerprint density at radius 3 is 2.88 bits per heavy atom. The molecule has 0 aliphatic carbocycles. The number of nitrogens with zero attached hydrogens (tertiary/aromatic N) is 1. The van der Waals surface area contributed by atoms with Gasteiger partial charge in [0, 0.05) is 26.2 Å². The SMILES string of the molecule is Cc1ccccc1CN1CCOC(CN)C1.Cl. The second kappa shape index (κ2) is 6.97. The van der Waals surface area contributed by atoms with Crippen molar-refractivity contribution in [2.45, 2.75) is 19.6 Å². The highest BCUT2D eigenvalue weighted by Crippen LogP contribution is 2.13. The maximum absolute atomic E-state index is 5.64. The van der Waals surface area contributed by atoms with Crippen LogP contribution in [0.4, 0.5) is 0 Å². The Hall–Kier alpha value is -0.610. The molecule has 1 saturated heterocycles. The van der Waals surface area contributed by atoms with Crippen LogP contribution < -0.4 is 5.73 Å². The second-order valence-corrected chi connectivity index (χ2v) is 4.39. The Labute approximate surface area is 109 Å². The lowest BCUT2D eigenvalue weighted by Gasteiger charge is -2.32.